The maximum atomic E-state index is 11.3. The van der Waals surface area contributed by atoms with Crippen LogP contribution in [0.3, 0.4) is 0 Å². The van der Waals surface area contributed by atoms with E-state index in [1.807, 2.05) is 30.3 Å². The van der Waals surface area contributed by atoms with Crippen molar-refractivity contribution in [2.24, 2.45) is 0 Å². The molecule has 6 nitrogen and oxygen atoms in total. The Balaban J connectivity index is 2.04. The third kappa shape index (κ3) is 2.75. The number of rotatable bonds is 3. The molecule has 6 heteroatoms. The molecule has 0 spiro atoms. The Labute approximate surface area is 133 Å². The molecule has 0 aliphatic heterocycles. The summed E-state index contributed by atoms with van der Waals surface area (Å²) in [5, 5.41) is 18.8. The maximum absolute atomic E-state index is 11.3. The topological polar surface area (TPSA) is 88.2 Å². The third-order valence-electron chi connectivity index (χ3n) is 3.60. The molecule has 0 atom stereocenters. The number of benzene rings is 2. The van der Waals surface area contributed by atoms with E-state index in [1.54, 1.807) is 19.9 Å². The van der Waals surface area contributed by atoms with Crippen molar-refractivity contribution >= 4 is 16.7 Å². The van der Waals surface area contributed by atoms with Crippen LogP contribution in [0.15, 0.2) is 40.9 Å². The fourth-order valence-corrected chi connectivity index (χ4v) is 2.51. The van der Waals surface area contributed by atoms with Crippen LogP contribution >= 0.6 is 0 Å². The molecule has 0 saturated heterocycles. The number of carbonyl (C=O) groups excluding carboxylic acids is 1. The highest BCUT2D eigenvalue weighted by Gasteiger charge is 2.28. The predicted molar refractivity (Wildman–Crippen MR) is 85.7 cm³/mol. The number of amides is 1. The van der Waals surface area contributed by atoms with Crippen LogP contribution in [0.4, 0.5) is 0 Å². The van der Waals surface area contributed by atoms with Crippen molar-refractivity contribution in [1.82, 2.24) is 15.5 Å². The molecule has 1 heterocycles. The van der Waals surface area contributed by atoms with Gasteiger partial charge in [-0.3, -0.25) is 4.79 Å². The van der Waals surface area contributed by atoms with E-state index >= 15 is 0 Å². The molecule has 0 bridgehead atoms. The molecular formula is C17H17N3O3. The lowest BCUT2D eigenvalue weighted by atomic mass is 10.0. The molecule has 3 aromatic rings. The molecule has 3 rings (SSSR count). The zero-order chi connectivity index (χ0) is 16.6. The van der Waals surface area contributed by atoms with Gasteiger partial charge in [0.15, 0.2) is 5.82 Å². The predicted octanol–water partition coefficient (Wildman–Crippen LogP) is 2.97. The minimum absolute atomic E-state index is 0.0932. The van der Waals surface area contributed by atoms with Gasteiger partial charge < -0.3 is 14.9 Å². The molecule has 118 valence electrons. The van der Waals surface area contributed by atoms with Crippen LogP contribution < -0.4 is 5.32 Å². The van der Waals surface area contributed by atoms with Crippen molar-refractivity contribution in [3.63, 3.8) is 0 Å². The second kappa shape index (κ2) is 5.39. The average molecular weight is 311 g/mol. The van der Waals surface area contributed by atoms with Crippen LogP contribution in [0.1, 0.15) is 26.6 Å². The molecule has 0 aliphatic rings. The summed E-state index contributed by atoms with van der Waals surface area (Å²) in [6, 6.07) is 11.1. The summed E-state index contributed by atoms with van der Waals surface area (Å²) >= 11 is 0. The molecule has 1 aromatic heterocycles. The Kier molecular flexibility index (Phi) is 3.52. The first kappa shape index (κ1) is 15.0. The van der Waals surface area contributed by atoms with Gasteiger partial charge in [-0.05, 0) is 25.3 Å². The number of hydrogen-bond acceptors (Lipinski definition) is 5. The SMILES string of the molecule is CC(=O)NC(C)(C)c1noc(-c2ccc3ccccc3c2O)n1. The van der Waals surface area contributed by atoms with Gasteiger partial charge in [-0.15, -0.1) is 0 Å². The lowest BCUT2D eigenvalue weighted by molar-refractivity contribution is -0.120. The highest BCUT2D eigenvalue weighted by Crippen LogP contribution is 2.35. The van der Waals surface area contributed by atoms with Crippen LogP contribution in [0.2, 0.25) is 0 Å². The number of nitrogens with one attached hydrogen (secondary N) is 1. The zero-order valence-electron chi connectivity index (χ0n) is 13.1. The Morgan fingerprint density at radius 2 is 1.96 bits per heavy atom. The maximum Gasteiger partial charge on any atom is 0.261 e. The van der Waals surface area contributed by atoms with Crippen LogP contribution in [0, 0.1) is 0 Å². The average Bonchev–Trinajstić information content (AvgIpc) is 2.97. The molecule has 1 amide bonds. The van der Waals surface area contributed by atoms with Gasteiger partial charge in [0.25, 0.3) is 5.89 Å². The number of aromatic nitrogens is 2. The first-order valence-corrected chi connectivity index (χ1v) is 7.22. The van der Waals surface area contributed by atoms with Crippen molar-refractivity contribution in [1.29, 1.82) is 0 Å². The number of carbonyl (C=O) groups is 1. The Morgan fingerprint density at radius 3 is 2.70 bits per heavy atom. The second-order valence-electron chi connectivity index (χ2n) is 5.91. The van der Waals surface area contributed by atoms with Crippen molar-refractivity contribution < 1.29 is 14.4 Å². The van der Waals surface area contributed by atoms with Gasteiger partial charge in [-0.2, -0.15) is 4.98 Å². The number of phenolic OH excluding ortho intramolecular Hbond substituents is 1. The van der Waals surface area contributed by atoms with E-state index in [2.05, 4.69) is 15.5 Å². The molecule has 0 radical (unpaired) electrons. The van der Waals surface area contributed by atoms with Gasteiger partial charge in [0, 0.05) is 12.3 Å². The van der Waals surface area contributed by atoms with Gasteiger partial charge in [-0.1, -0.05) is 35.5 Å². The summed E-state index contributed by atoms with van der Waals surface area (Å²) in [5.74, 6) is 0.461. The van der Waals surface area contributed by atoms with E-state index in [0.717, 1.165) is 5.39 Å². The fourth-order valence-electron chi connectivity index (χ4n) is 2.51. The molecule has 0 saturated carbocycles. The highest BCUT2D eigenvalue weighted by atomic mass is 16.5. The van der Waals surface area contributed by atoms with Crippen LogP contribution in [0.25, 0.3) is 22.2 Å². The summed E-state index contributed by atoms with van der Waals surface area (Å²) in [6.45, 7) is 4.99. The van der Waals surface area contributed by atoms with Crippen LogP contribution in [-0.2, 0) is 10.3 Å². The lowest BCUT2D eigenvalue weighted by Crippen LogP contribution is -2.40. The van der Waals surface area contributed by atoms with Gasteiger partial charge in [0.1, 0.15) is 5.75 Å². The number of aromatic hydroxyl groups is 1. The number of nitrogens with zero attached hydrogens (tertiary/aromatic N) is 2. The summed E-state index contributed by atoms with van der Waals surface area (Å²) in [5.41, 5.74) is -0.305. The van der Waals surface area contributed by atoms with Crippen molar-refractivity contribution in [3.8, 4) is 17.2 Å². The fraction of sp³-hybridized carbons (Fsp3) is 0.235. The van der Waals surface area contributed by atoms with Crippen molar-refractivity contribution in [3.05, 3.63) is 42.2 Å². The summed E-state index contributed by atoms with van der Waals surface area (Å²) < 4.78 is 5.28. The standard InChI is InChI=1S/C17H17N3O3/c1-10(21)19-17(2,3)16-18-15(23-20-16)13-9-8-11-6-4-5-7-12(11)14(13)22/h4-9,22H,1-3H3,(H,19,21). The van der Waals surface area contributed by atoms with E-state index < -0.39 is 5.54 Å². The molecule has 23 heavy (non-hydrogen) atoms. The minimum atomic E-state index is -0.764. The molecule has 2 N–H and O–H groups in total. The molecule has 0 fully saturated rings. The molecule has 0 unspecified atom stereocenters. The normalized spacial score (nSPS) is 11.6. The van der Waals surface area contributed by atoms with Gasteiger partial charge in [0.05, 0.1) is 11.1 Å². The smallest absolute Gasteiger partial charge is 0.261 e. The summed E-state index contributed by atoms with van der Waals surface area (Å²) in [6.07, 6.45) is 0. The van der Waals surface area contributed by atoms with E-state index in [0.29, 0.717) is 16.8 Å². The Hall–Kier alpha value is -2.89. The first-order valence-electron chi connectivity index (χ1n) is 7.22. The molecular weight excluding hydrogens is 294 g/mol. The zero-order valence-corrected chi connectivity index (χ0v) is 13.1. The van der Waals surface area contributed by atoms with Gasteiger partial charge >= 0.3 is 0 Å². The Morgan fingerprint density at radius 1 is 1.22 bits per heavy atom. The molecule has 2 aromatic carbocycles. The first-order chi connectivity index (χ1) is 10.9. The van der Waals surface area contributed by atoms with E-state index in [9.17, 15) is 9.90 Å². The van der Waals surface area contributed by atoms with E-state index in [-0.39, 0.29) is 17.5 Å². The lowest BCUT2D eigenvalue weighted by Gasteiger charge is -2.20. The number of phenols is 1. The number of fused-ring (bicyclic) bond motifs is 1. The van der Waals surface area contributed by atoms with E-state index in [4.69, 9.17) is 4.52 Å². The summed E-state index contributed by atoms with van der Waals surface area (Å²) in [4.78, 5) is 15.6. The third-order valence-corrected chi connectivity index (χ3v) is 3.60. The van der Waals surface area contributed by atoms with Crippen LogP contribution in [0.5, 0.6) is 5.75 Å². The van der Waals surface area contributed by atoms with Crippen LogP contribution in [-0.4, -0.2) is 21.2 Å². The quantitative estimate of drug-likeness (QED) is 0.776. The largest absolute Gasteiger partial charge is 0.506 e. The monoisotopic (exact) mass is 311 g/mol. The second-order valence-corrected chi connectivity index (χ2v) is 5.91. The van der Waals surface area contributed by atoms with Gasteiger partial charge in [0.2, 0.25) is 5.91 Å². The van der Waals surface area contributed by atoms with Crippen molar-refractivity contribution in [2.75, 3.05) is 0 Å². The van der Waals surface area contributed by atoms with Crippen molar-refractivity contribution in [2.45, 2.75) is 26.3 Å². The number of hydrogen-bond donors (Lipinski definition) is 2. The minimum Gasteiger partial charge on any atom is -0.506 e. The van der Waals surface area contributed by atoms with Gasteiger partial charge in [-0.25, -0.2) is 0 Å². The Bertz CT molecular complexity index is 884. The summed E-state index contributed by atoms with van der Waals surface area (Å²) in [7, 11) is 0. The molecule has 0 aliphatic carbocycles. The highest BCUT2D eigenvalue weighted by molar-refractivity contribution is 5.93. The van der Waals surface area contributed by atoms with E-state index in [1.165, 1.54) is 6.92 Å².